The molecule has 0 amide bonds. The summed E-state index contributed by atoms with van der Waals surface area (Å²) < 4.78 is 5.57. The normalized spacial score (nSPS) is 12.3. The molecule has 0 aliphatic heterocycles. The van der Waals surface area contributed by atoms with E-state index in [2.05, 4.69) is 0 Å². The van der Waals surface area contributed by atoms with Crippen molar-refractivity contribution in [3.8, 4) is 0 Å². The van der Waals surface area contributed by atoms with Crippen molar-refractivity contribution < 1.29 is 14.6 Å². The van der Waals surface area contributed by atoms with E-state index in [1.54, 1.807) is 18.2 Å². The van der Waals surface area contributed by atoms with E-state index in [9.17, 15) is 9.90 Å². The molecule has 0 aliphatic carbocycles. The lowest BCUT2D eigenvalue weighted by molar-refractivity contribution is 0.281. The Kier molecular flexibility index (Phi) is 6.09. The number of allylic oxidation sites excluding steroid dienone is 4. The number of aliphatic hydroxyl groups is 2. The highest BCUT2D eigenvalue weighted by Crippen LogP contribution is 2.22. The number of fused-ring (bicyclic) bond motifs is 1. The van der Waals surface area contributed by atoms with Gasteiger partial charge in [-0.15, -0.1) is 0 Å². The fraction of sp³-hybridized carbons (Fsp3) is 0.211. The Morgan fingerprint density at radius 2 is 1.96 bits per heavy atom. The number of hydrogen-bond acceptors (Lipinski definition) is 4. The fourth-order valence-corrected chi connectivity index (χ4v) is 2.35. The molecule has 0 radical (unpaired) electrons. The minimum Gasteiger partial charge on any atom is -0.464 e. The predicted molar refractivity (Wildman–Crippen MR) is 92.2 cm³/mol. The van der Waals surface area contributed by atoms with E-state index < -0.39 is 0 Å². The van der Waals surface area contributed by atoms with Crippen LogP contribution < -0.4 is 5.43 Å². The van der Waals surface area contributed by atoms with Gasteiger partial charge in [-0.25, -0.2) is 0 Å². The van der Waals surface area contributed by atoms with Gasteiger partial charge in [-0.3, -0.25) is 4.79 Å². The molecule has 2 N–H and O–H groups in total. The van der Waals surface area contributed by atoms with Crippen LogP contribution in [0.3, 0.4) is 0 Å². The summed E-state index contributed by atoms with van der Waals surface area (Å²) in [5.41, 5.74) is 2.10. The number of aliphatic hydroxyl groups excluding tert-OH is 2. The van der Waals surface area contributed by atoms with Gasteiger partial charge in [-0.1, -0.05) is 42.5 Å². The zero-order chi connectivity index (χ0) is 16.7. The molecule has 23 heavy (non-hydrogen) atoms. The summed E-state index contributed by atoms with van der Waals surface area (Å²) in [7, 11) is 0. The maximum atomic E-state index is 12.8. The smallest absolute Gasteiger partial charge is 0.196 e. The molecular formula is C19H20O4. The zero-order valence-corrected chi connectivity index (χ0v) is 13.0. The van der Waals surface area contributed by atoms with Gasteiger partial charge >= 0.3 is 0 Å². The first kappa shape index (κ1) is 16.9. The minimum atomic E-state index is -0.189. The topological polar surface area (TPSA) is 70.7 Å². The third-order valence-corrected chi connectivity index (χ3v) is 3.48. The molecule has 0 atom stereocenters. The molecule has 2 rings (SSSR count). The molecule has 1 aromatic carbocycles. The molecule has 0 fully saturated rings. The van der Waals surface area contributed by atoms with Crippen LogP contribution in [0.25, 0.3) is 17.0 Å². The van der Waals surface area contributed by atoms with E-state index in [0.29, 0.717) is 34.1 Å². The largest absolute Gasteiger partial charge is 0.464 e. The average molecular weight is 312 g/mol. The monoisotopic (exact) mass is 312 g/mol. The van der Waals surface area contributed by atoms with Gasteiger partial charge in [0, 0.05) is 5.56 Å². The van der Waals surface area contributed by atoms with Gasteiger partial charge in [0.1, 0.15) is 5.58 Å². The molecule has 2 aromatic rings. The number of rotatable bonds is 6. The Balaban J connectivity index is 2.61. The van der Waals surface area contributed by atoms with E-state index >= 15 is 0 Å². The van der Waals surface area contributed by atoms with Crippen molar-refractivity contribution in [2.45, 2.75) is 20.0 Å². The van der Waals surface area contributed by atoms with Crippen molar-refractivity contribution in [1.29, 1.82) is 0 Å². The lowest BCUT2D eigenvalue weighted by atomic mass is 10.00. The second-order valence-corrected chi connectivity index (χ2v) is 5.00. The van der Waals surface area contributed by atoms with Crippen LogP contribution in [0.5, 0.6) is 0 Å². The van der Waals surface area contributed by atoms with Gasteiger partial charge in [0.25, 0.3) is 0 Å². The summed E-state index contributed by atoms with van der Waals surface area (Å²) in [5.74, 6) is 0. The van der Waals surface area contributed by atoms with Crippen LogP contribution in [0, 0.1) is 0 Å². The molecule has 4 nitrogen and oxygen atoms in total. The summed E-state index contributed by atoms with van der Waals surface area (Å²) >= 11 is 0. The fourth-order valence-electron chi connectivity index (χ4n) is 2.35. The SMILES string of the molecule is C/C=C\C=C/Cc1coc2ccc(CO)c(/C=C\CO)c2c1=O. The third-order valence-electron chi connectivity index (χ3n) is 3.48. The van der Waals surface area contributed by atoms with Crippen molar-refractivity contribution >= 4 is 17.0 Å². The van der Waals surface area contributed by atoms with Gasteiger partial charge in [-0.05, 0) is 30.5 Å². The van der Waals surface area contributed by atoms with Crippen LogP contribution in [0.4, 0.5) is 0 Å². The Labute approximate surface area is 134 Å². The lowest BCUT2D eigenvalue weighted by Crippen LogP contribution is -2.10. The van der Waals surface area contributed by atoms with Gasteiger partial charge in [0.15, 0.2) is 5.43 Å². The first-order valence-electron chi connectivity index (χ1n) is 7.45. The molecule has 0 saturated heterocycles. The van der Waals surface area contributed by atoms with Crippen LogP contribution in [0.15, 0.2) is 58.0 Å². The van der Waals surface area contributed by atoms with E-state index in [-0.39, 0.29) is 18.6 Å². The Morgan fingerprint density at radius 1 is 1.13 bits per heavy atom. The van der Waals surface area contributed by atoms with Crippen molar-refractivity contribution in [3.05, 3.63) is 75.7 Å². The molecule has 0 spiro atoms. The molecule has 0 unspecified atom stereocenters. The molecule has 1 heterocycles. The zero-order valence-electron chi connectivity index (χ0n) is 13.0. The molecule has 0 bridgehead atoms. The minimum absolute atomic E-state index is 0.121. The second-order valence-electron chi connectivity index (χ2n) is 5.00. The third kappa shape index (κ3) is 3.86. The number of benzene rings is 1. The highest BCUT2D eigenvalue weighted by atomic mass is 16.3. The maximum Gasteiger partial charge on any atom is 0.196 e. The Morgan fingerprint density at radius 3 is 2.65 bits per heavy atom. The molecule has 0 saturated carbocycles. The van der Waals surface area contributed by atoms with Crippen molar-refractivity contribution in [1.82, 2.24) is 0 Å². The number of hydrogen-bond donors (Lipinski definition) is 2. The lowest BCUT2D eigenvalue weighted by Gasteiger charge is -2.08. The first-order valence-corrected chi connectivity index (χ1v) is 7.45. The molecule has 4 heteroatoms. The van der Waals surface area contributed by atoms with E-state index in [1.807, 2.05) is 31.2 Å². The van der Waals surface area contributed by atoms with Crippen molar-refractivity contribution in [3.63, 3.8) is 0 Å². The summed E-state index contributed by atoms with van der Waals surface area (Å²) in [5, 5.41) is 18.9. The summed E-state index contributed by atoms with van der Waals surface area (Å²) in [6.07, 6.45) is 12.7. The first-order chi connectivity index (χ1) is 11.2. The van der Waals surface area contributed by atoms with Crippen LogP contribution in [-0.4, -0.2) is 16.8 Å². The van der Waals surface area contributed by atoms with Crippen LogP contribution >= 0.6 is 0 Å². The Bertz CT molecular complexity index is 810. The molecular weight excluding hydrogens is 292 g/mol. The van der Waals surface area contributed by atoms with Crippen LogP contribution in [0.1, 0.15) is 23.6 Å². The highest BCUT2D eigenvalue weighted by molar-refractivity contribution is 5.88. The van der Waals surface area contributed by atoms with Gasteiger partial charge in [-0.2, -0.15) is 0 Å². The average Bonchev–Trinajstić information content (AvgIpc) is 2.58. The maximum absolute atomic E-state index is 12.8. The van der Waals surface area contributed by atoms with Gasteiger partial charge in [0.2, 0.25) is 0 Å². The van der Waals surface area contributed by atoms with Crippen LogP contribution in [0.2, 0.25) is 0 Å². The quantitative estimate of drug-likeness (QED) is 0.805. The summed E-state index contributed by atoms with van der Waals surface area (Å²) in [4.78, 5) is 12.8. The molecule has 120 valence electrons. The van der Waals surface area contributed by atoms with Crippen molar-refractivity contribution in [2.24, 2.45) is 0 Å². The van der Waals surface area contributed by atoms with Crippen LogP contribution in [-0.2, 0) is 13.0 Å². The van der Waals surface area contributed by atoms with Gasteiger partial charge < -0.3 is 14.6 Å². The van der Waals surface area contributed by atoms with Crippen molar-refractivity contribution in [2.75, 3.05) is 6.61 Å². The summed E-state index contributed by atoms with van der Waals surface area (Å²) in [6.45, 7) is 1.59. The summed E-state index contributed by atoms with van der Waals surface area (Å²) in [6, 6.07) is 3.39. The second kappa shape index (κ2) is 8.27. The molecule has 1 aromatic heterocycles. The van der Waals surface area contributed by atoms with E-state index in [4.69, 9.17) is 9.52 Å². The predicted octanol–water partition coefficient (Wildman–Crippen LogP) is 2.97. The standard InChI is InChI=1S/C19H20O4/c1-2-3-4-5-7-15-13-23-17-10-9-14(12-21)16(8-6-11-20)18(17)19(15)22/h2-6,8-10,13,20-21H,7,11-12H2,1H3/b3-2-,5-4-,8-6-. The Hall–Kier alpha value is -2.43. The molecule has 0 aliphatic rings. The highest BCUT2D eigenvalue weighted by Gasteiger charge is 2.12. The van der Waals surface area contributed by atoms with E-state index in [1.165, 1.54) is 12.3 Å². The van der Waals surface area contributed by atoms with E-state index in [0.717, 1.165) is 0 Å². The van der Waals surface area contributed by atoms with Gasteiger partial charge in [0.05, 0.1) is 24.9 Å².